The Morgan fingerprint density at radius 1 is 1.44 bits per heavy atom. The lowest BCUT2D eigenvalue weighted by molar-refractivity contribution is -0.137. The van der Waals surface area contributed by atoms with Crippen LogP contribution in [0.25, 0.3) is 0 Å². The molecule has 1 rings (SSSR count). The van der Waals surface area contributed by atoms with Gasteiger partial charge in [0.1, 0.15) is 6.54 Å². The molecule has 0 aliphatic heterocycles. The summed E-state index contributed by atoms with van der Waals surface area (Å²) in [5, 5.41) is 10.6. The van der Waals surface area contributed by atoms with Crippen molar-refractivity contribution in [2.45, 2.75) is 20.3 Å². The number of carboxylic acid groups (broad SMARTS) is 1. The SMILES string of the molecule is CCc1ccsc1C(=O)N(CC)CC(=O)O. The van der Waals surface area contributed by atoms with Crippen LogP contribution >= 0.6 is 11.3 Å². The number of carbonyl (C=O) groups is 2. The van der Waals surface area contributed by atoms with Crippen molar-refractivity contribution in [3.8, 4) is 0 Å². The van der Waals surface area contributed by atoms with Gasteiger partial charge in [-0.1, -0.05) is 6.92 Å². The van der Waals surface area contributed by atoms with Crippen LogP contribution in [0.4, 0.5) is 0 Å². The Hall–Kier alpha value is -1.36. The molecule has 4 nitrogen and oxygen atoms in total. The molecule has 0 saturated carbocycles. The van der Waals surface area contributed by atoms with Crippen molar-refractivity contribution in [2.24, 2.45) is 0 Å². The lowest BCUT2D eigenvalue weighted by Crippen LogP contribution is -2.35. The zero-order chi connectivity index (χ0) is 12.1. The van der Waals surface area contributed by atoms with E-state index in [1.54, 1.807) is 6.92 Å². The van der Waals surface area contributed by atoms with E-state index in [0.29, 0.717) is 11.4 Å². The second kappa shape index (κ2) is 5.65. The Labute approximate surface area is 98.5 Å². The number of aliphatic carboxylic acids is 1. The van der Waals surface area contributed by atoms with Crippen LogP contribution in [0, 0.1) is 0 Å². The number of aryl methyl sites for hydroxylation is 1. The van der Waals surface area contributed by atoms with E-state index >= 15 is 0 Å². The summed E-state index contributed by atoms with van der Waals surface area (Å²) in [5.41, 5.74) is 0.985. The number of hydrogen-bond donors (Lipinski definition) is 1. The number of carboxylic acids is 1. The van der Waals surface area contributed by atoms with E-state index in [2.05, 4.69) is 0 Å². The summed E-state index contributed by atoms with van der Waals surface area (Å²) in [6.07, 6.45) is 0.787. The Balaban J connectivity index is 2.86. The molecule has 0 aliphatic rings. The molecule has 0 spiro atoms. The molecule has 0 bridgehead atoms. The first-order valence-corrected chi connectivity index (χ1v) is 6.05. The molecule has 0 fully saturated rings. The summed E-state index contributed by atoms with van der Waals surface area (Å²) in [7, 11) is 0. The largest absolute Gasteiger partial charge is 0.480 e. The number of nitrogens with zero attached hydrogens (tertiary/aromatic N) is 1. The van der Waals surface area contributed by atoms with Crippen LogP contribution < -0.4 is 0 Å². The van der Waals surface area contributed by atoms with E-state index in [1.165, 1.54) is 16.2 Å². The molecule has 0 saturated heterocycles. The van der Waals surface area contributed by atoms with Crippen LogP contribution in [-0.2, 0) is 11.2 Å². The minimum atomic E-state index is -0.982. The van der Waals surface area contributed by atoms with Gasteiger partial charge in [-0.3, -0.25) is 9.59 Å². The maximum absolute atomic E-state index is 12.0. The highest BCUT2D eigenvalue weighted by molar-refractivity contribution is 7.12. The van der Waals surface area contributed by atoms with Crippen molar-refractivity contribution >= 4 is 23.2 Å². The average Bonchev–Trinajstić information content (AvgIpc) is 2.72. The molecule has 0 unspecified atom stereocenters. The number of hydrogen-bond acceptors (Lipinski definition) is 3. The molecule has 88 valence electrons. The summed E-state index contributed by atoms with van der Waals surface area (Å²) in [6.45, 7) is 3.93. The van der Waals surface area contributed by atoms with Gasteiger partial charge in [0.05, 0.1) is 4.88 Å². The molecule has 5 heteroatoms. The third-order valence-corrected chi connectivity index (χ3v) is 3.26. The van der Waals surface area contributed by atoms with Gasteiger partial charge >= 0.3 is 5.97 Å². The molecule has 1 heterocycles. The molecular weight excluding hydrogens is 226 g/mol. The van der Waals surface area contributed by atoms with Gasteiger partial charge in [-0.2, -0.15) is 0 Å². The summed E-state index contributed by atoms with van der Waals surface area (Å²) < 4.78 is 0. The van der Waals surface area contributed by atoms with Crippen LogP contribution in [0.5, 0.6) is 0 Å². The fourth-order valence-electron chi connectivity index (χ4n) is 1.44. The summed E-state index contributed by atoms with van der Waals surface area (Å²) >= 11 is 1.37. The van der Waals surface area contributed by atoms with Crippen LogP contribution in [-0.4, -0.2) is 35.0 Å². The van der Waals surface area contributed by atoms with Crippen molar-refractivity contribution in [2.75, 3.05) is 13.1 Å². The van der Waals surface area contributed by atoms with Crippen molar-refractivity contribution in [1.29, 1.82) is 0 Å². The van der Waals surface area contributed by atoms with Gasteiger partial charge in [0.25, 0.3) is 5.91 Å². The molecule has 0 atom stereocenters. The van der Waals surface area contributed by atoms with Gasteiger partial charge in [0, 0.05) is 6.54 Å². The second-order valence-corrected chi connectivity index (χ2v) is 4.26. The summed E-state index contributed by atoms with van der Waals surface area (Å²) in [5.74, 6) is -1.17. The highest BCUT2D eigenvalue weighted by Crippen LogP contribution is 2.19. The van der Waals surface area contributed by atoms with Crippen molar-refractivity contribution in [3.63, 3.8) is 0 Å². The van der Waals surface area contributed by atoms with Crippen LogP contribution in [0.15, 0.2) is 11.4 Å². The third kappa shape index (κ3) is 2.82. The maximum Gasteiger partial charge on any atom is 0.323 e. The Morgan fingerprint density at radius 2 is 2.12 bits per heavy atom. The minimum Gasteiger partial charge on any atom is -0.480 e. The number of rotatable bonds is 5. The zero-order valence-corrected chi connectivity index (χ0v) is 10.2. The highest BCUT2D eigenvalue weighted by atomic mass is 32.1. The topological polar surface area (TPSA) is 57.6 Å². The molecule has 16 heavy (non-hydrogen) atoms. The maximum atomic E-state index is 12.0. The molecule has 1 aromatic rings. The predicted octanol–water partition coefficient (Wildman–Crippen LogP) is 1.86. The molecule has 1 N–H and O–H groups in total. The molecule has 1 aromatic heterocycles. The Bertz CT molecular complexity index is 386. The van der Waals surface area contributed by atoms with E-state index in [4.69, 9.17) is 5.11 Å². The number of amides is 1. The Kier molecular flexibility index (Phi) is 4.49. The third-order valence-electron chi connectivity index (χ3n) is 2.32. The van der Waals surface area contributed by atoms with E-state index in [0.717, 1.165) is 12.0 Å². The van der Waals surface area contributed by atoms with Gasteiger partial charge < -0.3 is 10.0 Å². The van der Waals surface area contributed by atoms with E-state index in [-0.39, 0.29) is 12.5 Å². The molecule has 0 aromatic carbocycles. The normalized spacial score (nSPS) is 10.1. The van der Waals surface area contributed by atoms with Gasteiger partial charge in [0.15, 0.2) is 0 Å². The smallest absolute Gasteiger partial charge is 0.323 e. The lowest BCUT2D eigenvalue weighted by Gasteiger charge is -2.18. The average molecular weight is 241 g/mol. The van der Waals surface area contributed by atoms with Crippen LogP contribution in [0.1, 0.15) is 29.1 Å². The van der Waals surface area contributed by atoms with Crippen LogP contribution in [0.2, 0.25) is 0 Å². The van der Waals surface area contributed by atoms with Crippen molar-refractivity contribution < 1.29 is 14.7 Å². The quantitative estimate of drug-likeness (QED) is 0.856. The number of carbonyl (C=O) groups excluding carboxylic acids is 1. The zero-order valence-electron chi connectivity index (χ0n) is 9.40. The van der Waals surface area contributed by atoms with E-state index in [1.807, 2.05) is 18.4 Å². The van der Waals surface area contributed by atoms with Gasteiger partial charge in [-0.15, -0.1) is 11.3 Å². The van der Waals surface area contributed by atoms with Crippen molar-refractivity contribution in [1.82, 2.24) is 4.90 Å². The van der Waals surface area contributed by atoms with Gasteiger partial charge in [-0.05, 0) is 30.4 Å². The summed E-state index contributed by atoms with van der Waals surface area (Å²) in [6, 6.07) is 1.91. The first-order chi connectivity index (χ1) is 7.60. The highest BCUT2D eigenvalue weighted by Gasteiger charge is 2.20. The Morgan fingerprint density at radius 3 is 2.62 bits per heavy atom. The first kappa shape index (κ1) is 12.7. The second-order valence-electron chi connectivity index (χ2n) is 3.34. The van der Waals surface area contributed by atoms with E-state index < -0.39 is 5.97 Å². The van der Waals surface area contributed by atoms with Gasteiger partial charge in [0.2, 0.25) is 0 Å². The standard InChI is InChI=1S/C11H15NO3S/c1-3-8-5-6-16-10(8)11(15)12(4-2)7-9(13)14/h5-6H,3-4,7H2,1-2H3,(H,13,14). The molecule has 0 radical (unpaired) electrons. The molecular formula is C11H15NO3S. The number of thiophene rings is 1. The summed E-state index contributed by atoms with van der Waals surface area (Å²) in [4.78, 5) is 24.6. The minimum absolute atomic E-state index is 0.184. The van der Waals surface area contributed by atoms with Crippen LogP contribution in [0.3, 0.4) is 0 Å². The molecule has 1 amide bonds. The predicted molar refractivity (Wildman–Crippen MR) is 62.9 cm³/mol. The first-order valence-electron chi connectivity index (χ1n) is 5.17. The lowest BCUT2D eigenvalue weighted by atomic mass is 10.2. The number of likely N-dealkylation sites (N-methyl/N-ethyl adjacent to an activating group) is 1. The van der Waals surface area contributed by atoms with E-state index in [9.17, 15) is 9.59 Å². The fraction of sp³-hybridized carbons (Fsp3) is 0.455. The monoisotopic (exact) mass is 241 g/mol. The van der Waals surface area contributed by atoms with Gasteiger partial charge in [-0.25, -0.2) is 0 Å². The fourth-order valence-corrected chi connectivity index (χ4v) is 2.40. The van der Waals surface area contributed by atoms with Crippen molar-refractivity contribution in [3.05, 3.63) is 21.9 Å². The molecule has 0 aliphatic carbocycles.